The van der Waals surface area contributed by atoms with Crippen LogP contribution in [0.2, 0.25) is 0 Å². The maximum atomic E-state index is 9.43. The highest BCUT2D eigenvalue weighted by Gasteiger charge is 2.10. The van der Waals surface area contributed by atoms with Gasteiger partial charge in [0.1, 0.15) is 0 Å². The van der Waals surface area contributed by atoms with E-state index in [0.29, 0.717) is 0 Å². The molecule has 2 nitrogen and oxygen atoms in total. The van der Waals surface area contributed by atoms with Crippen LogP contribution in [0.4, 0.5) is 0 Å². The van der Waals surface area contributed by atoms with Crippen LogP contribution in [-0.4, -0.2) is 17.3 Å². The van der Waals surface area contributed by atoms with E-state index in [1.54, 1.807) is 0 Å². The van der Waals surface area contributed by atoms with Crippen LogP contribution in [0.5, 0.6) is 0 Å². The number of hydrogen-bond donors (Lipinski definition) is 2. The first-order chi connectivity index (χ1) is 6.74. The van der Waals surface area contributed by atoms with E-state index in [4.69, 9.17) is 0 Å². The standard InChI is InChI=1S/C12H19NO/c1-3-12(10(2)14)13-9-11-7-5-4-6-8-11/h4-8,10,12-14H,3,9H2,1-2H3/t10-,12+/m0/s1. The molecule has 0 aliphatic heterocycles. The molecule has 0 aromatic heterocycles. The summed E-state index contributed by atoms with van der Waals surface area (Å²) in [6.45, 7) is 4.73. The maximum Gasteiger partial charge on any atom is 0.0665 e. The molecule has 0 saturated heterocycles. The molecule has 0 radical (unpaired) electrons. The second-order valence-electron chi connectivity index (χ2n) is 3.62. The molecule has 0 aliphatic rings. The minimum absolute atomic E-state index is 0.190. The number of aliphatic hydroxyl groups excluding tert-OH is 1. The van der Waals surface area contributed by atoms with E-state index < -0.39 is 0 Å². The van der Waals surface area contributed by atoms with Crippen molar-refractivity contribution in [2.24, 2.45) is 0 Å². The van der Waals surface area contributed by atoms with Crippen LogP contribution in [0.3, 0.4) is 0 Å². The first-order valence-electron chi connectivity index (χ1n) is 5.19. The molecule has 0 heterocycles. The van der Waals surface area contributed by atoms with Gasteiger partial charge in [0, 0.05) is 12.6 Å². The van der Waals surface area contributed by atoms with Gasteiger partial charge in [-0.15, -0.1) is 0 Å². The Morgan fingerprint density at radius 2 is 1.93 bits per heavy atom. The van der Waals surface area contributed by atoms with Gasteiger partial charge >= 0.3 is 0 Å². The third kappa shape index (κ3) is 3.48. The zero-order chi connectivity index (χ0) is 10.4. The fourth-order valence-corrected chi connectivity index (χ4v) is 1.50. The molecule has 1 rings (SSSR count). The summed E-state index contributed by atoms with van der Waals surface area (Å²) in [6, 6.07) is 10.4. The summed E-state index contributed by atoms with van der Waals surface area (Å²) in [4.78, 5) is 0. The molecule has 78 valence electrons. The summed E-state index contributed by atoms with van der Waals surface area (Å²) in [5, 5.41) is 12.8. The second-order valence-corrected chi connectivity index (χ2v) is 3.62. The van der Waals surface area contributed by atoms with Crippen molar-refractivity contribution < 1.29 is 5.11 Å². The maximum absolute atomic E-state index is 9.43. The summed E-state index contributed by atoms with van der Waals surface area (Å²) in [5.41, 5.74) is 1.26. The van der Waals surface area contributed by atoms with E-state index in [9.17, 15) is 5.11 Å². The largest absolute Gasteiger partial charge is 0.392 e. The van der Waals surface area contributed by atoms with E-state index in [1.807, 2.05) is 25.1 Å². The minimum atomic E-state index is -0.288. The van der Waals surface area contributed by atoms with Crippen molar-refractivity contribution in [3.05, 3.63) is 35.9 Å². The van der Waals surface area contributed by atoms with E-state index >= 15 is 0 Å². The Kier molecular flexibility index (Phi) is 4.63. The van der Waals surface area contributed by atoms with Gasteiger partial charge in [0.2, 0.25) is 0 Å². The Bertz CT molecular complexity index is 246. The monoisotopic (exact) mass is 193 g/mol. The van der Waals surface area contributed by atoms with Crippen LogP contribution in [0.15, 0.2) is 30.3 Å². The van der Waals surface area contributed by atoms with Crippen LogP contribution >= 0.6 is 0 Å². The fourth-order valence-electron chi connectivity index (χ4n) is 1.50. The molecular formula is C12H19NO. The minimum Gasteiger partial charge on any atom is -0.392 e. The van der Waals surface area contributed by atoms with Gasteiger partial charge in [-0.2, -0.15) is 0 Å². The molecule has 0 amide bonds. The average molecular weight is 193 g/mol. The first-order valence-corrected chi connectivity index (χ1v) is 5.19. The number of aliphatic hydroxyl groups is 1. The lowest BCUT2D eigenvalue weighted by Gasteiger charge is -2.19. The molecule has 2 atom stereocenters. The van der Waals surface area contributed by atoms with Gasteiger partial charge in [0.25, 0.3) is 0 Å². The number of nitrogens with one attached hydrogen (secondary N) is 1. The highest BCUT2D eigenvalue weighted by Crippen LogP contribution is 2.02. The first kappa shape index (κ1) is 11.2. The molecule has 0 spiro atoms. The van der Waals surface area contributed by atoms with Crippen LogP contribution in [0, 0.1) is 0 Å². The Hall–Kier alpha value is -0.860. The van der Waals surface area contributed by atoms with E-state index in [-0.39, 0.29) is 12.1 Å². The smallest absolute Gasteiger partial charge is 0.0665 e. The Morgan fingerprint density at radius 3 is 2.43 bits per heavy atom. The topological polar surface area (TPSA) is 32.3 Å². The number of hydrogen-bond acceptors (Lipinski definition) is 2. The Balaban J connectivity index is 2.40. The van der Waals surface area contributed by atoms with Crippen molar-refractivity contribution >= 4 is 0 Å². The molecule has 0 saturated carbocycles. The zero-order valence-corrected chi connectivity index (χ0v) is 8.90. The number of rotatable bonds is 5. The van der Waals surface area contributed by atoms with E-state index in [2.05, 4.69) is 24.4 Å². The molecule has 0 aliphatic carbocycles. The summed E-state index contributed by atoms with van der Waals surface area (Å²) >= 11 is 0. The molecule has 2 N–H and O–H groups in total. The molecular weight excluding hydrogens is 174 g/mol. The molecule has 0 fully saturated rings. The third-order valence-electron chi connectivity index (χ3n) is 2.43. The highest BCUT2D eigenvalue weighted by molar-refractivity contribution is 5.14. The molecule has 0 bridgehead atoms. The van der Waals surface area contributed by atoms with E-state index in [1.165, 1.54) is 5.56 Å². The number of benzene rings is 1. The SMILES string of the molecule is CC[C@@H](NCc1ccccc1)[C@H](C)O. The van der Waals surface area contributed by atoms with Crippen molar-refractivity contribution in [3.63, 3.8) is 0 Å². The fraction of sp³-hybridized carbons (Fsp3) is 0.500. The molecule has 14 heavy (non-hydrogen) atoms. The molecule has 2 heteroatoms. The molecule has 0 unspecified atom stereocenters. The van der Waals surface area contributed by atoms with Gasteiger partial charge < -0.3 is 10.4 Å². The van der Waals surface area contributed by atoms with Crippen molar-refractivity contribution in [3.8, 4) is 0 Å². The van der Waals surface area contributed by atoms with Crippen molar-refractivity contribution in [2.75, 3.05) is 0 Å². The van der Waals surface area contributed by atoms with Crippen LogP contribution in [-0.2, 0) is 6.54 Å². The predicted octanol–water partition coefficient (Wildman–Crippen LogP) is 1.94. The zero-order valence-electron chi connectivity index (χ0n) is 8.90. The Labute approximate surface area is 86.0 Å². The van der Waals surface area contributed by atoms with E-state index in [0.717, 1.165) is 13.0 Å². The van der Waals surface area contributed by atoms with Gasteiger partial charge in [-0.3, -0.25) is 0 Å². The van der Waals surface area contributed by atoms with Crippen molar-refractivity contribution in [2.45, 2.75) is 39.0 Å². The van der Waals surface area contributed by atoms with Gasteiger partial charge in [0.15, 0.2) is 0 Å². The lowest BCUT2D eigenvalue weighted by atomic mass is 10.1. The highest BCUT2D eigenvalue weighted by atomic mass is 16.3. The third-order valence-corrected chi connectivity index (χ3v) is 2.43. The summed E-state index contributed by atoms with van der Waals surface area (Å²) in [7, 11) is 0. The second kappa shape index (κ2) is 5.78. The van der Waals surface area contributed by atoms with Crippen molar-refractivity contribution in [1.82, 2.24) is 5.32 Å². The Morgan fingerprint density at radius 1 is 1.29 bits per heavy atom. The predicted molar refractivity (Wildman–Crippen MR) is 59.0 cm³/mol. The van der Waals surface area contributed by atoms with Gasteiger partial charge in [-0.1, -0.05) is 37.3 Å². The van der Waals surface area contributed by atoms with Crippen LogP contribution < -0.4 is 5.32 Å². The van der Waals surface area contributed by atoms with Gasteiger partial charge in [0.05, 0.1) is 6.10 Å². The van der Waals surface area contributed by atoms with Gasteiger partial charge in [-0.05, 0) is 18.9 Å². The molecule has 1 aromatic carbocycles. The molecule has 1 aromatic rings. The van der Waals surface area contributed by atoms with Gasteiger partial charge in [-0.25, -0.2) is 0 Å². The summed E-state index contributed by atoms with van der Waals surface area (Å²) < 4.78 is 0. The van der Waals surface area contributed by atoms with Crippen LogP contribution in [0.25, 0.3) is 0 Å². The summed E-state index contributed by atoms with van der Waals surface area (Å²) in [6.07, 6.45) is 0.661. The lowest BCUT2D eigenvalue weighted by Crippen LogP contribution is -2.37. The summed E-state index contributed by atoms with van der Waals surface area (Å²) in [5.74, 6) is 0. The van der Waals surface area contributed by atoms with Crippen LogP contribution in [0.1, 0.15) is 25.8 Å². The normalized spacial score (nSPS) is 15.1. The van der Waals surface area contributed by atoms with Crippen molar-refractivity contribution in [1.29, 1.82) is 0 Å². The average Bonchev–Trinajstić information content (AvgIpc) is 2.20. The quantitative estimate of drug-likeness (QED) is 0.749. The lowest BCUT2D eigenvalue weighted by molar-refractivity contribution is 0.142.